The summed E-state index contributed by atoms with van der Waals surface area (Å²) in [5.74, 6) is 1.89. The zero-order valence-corrected chi connectivity index (χ0v) is 15.6. The Morgan fingerprint density at radius 3 is 2.33 bits per heavy atom. The maximum Gasteiger partial charge on any atom is 0.241 e. The van der Waals surface area contributed by atoms with Crippen LogP contribution in [0.5, 0.6) is 0 Å². The minimum absolute atomic E-state index is 0. The molecule has 2 fully saturated rings. The summed E-state index contributed by atoms with van der Waals surface area (Å²) in [5.41, 5.74) is 2.32. The van der Waals surface area contributed by atoms with Gasteiger partial charge in [0.1, 0.15) is 0 Å². The van der Waals surface area contributed by atoms with Crippen molar-refractivity contribution in [2.45, 2.75) is 25.7 Å². The van der Waals surface area contributed by atoms with E-state index < -0.39 is 0 Å². The van der Waals surface area contributed by atoms with Gasteiger partial charge in [-0.15, -0.1) is 24.8 Å². The molecule has 0 atom stereocenters. The second-order valence-corrected chi connectivity index (χ2v) is 7.00. The minimum Gasteiger partial charge on any atom is -0.368 e. The number of hydrogen-bond acceptors (Lipinski definition) is 3. The Labute approximate surface area is 156 Å². The van der Waals surface area contributed by atoms with Crippen molar-refractivity contribution in [2.24, 2.45) is 11.8 Å². The van der Waals surface area contributed by atoms with Gasteiger partial charge in [-0.05, 0) is 56.2 Å². The Morgan fingerprint density at radius 1 is 1.00 bits per heavy atom. The van der Waals surface area contributed by atoms with E-state index in [4.69, 9.17) is 0 Å². The van der Waals surface area contributed by atoms with Crippen LogP contribution in [-0.2, 0) is 4.79 Å². The topological polar surface area (TPSA) is 35.6 Å². The molecule has 1 heterocycles. The summed E-state index contributed by atoms with van der Waals surface area (Å²) in [7, 11) is 0. The number of fused-ring (bicyclic) bond motifs is 1. The molecule has 4 rings (SSSR count). The lowest BCUT2D eigenvalue weighted by Crippen LogP contribution is -2.47. The van der Waals surface area contributed by atoms with Crippen LogP contribution in [0.2, 0.25) is 0 Å². The van der Waals surface area contributed by atoms with Gasteiger partial charge in [0.2, 0.25) is 5.91 Å². The second kappa shape index (κ2) is 8.41. The molecule has 0 bridgehead atoms. The fraction of sp³-hybridized carbons (Fsp3) is 0.611. The quantitative estimate of drug-likeness (QED) is 0.834. The Morgan fingerprint density at radius 2 is 1.67 bits per heavy atom. The van der Waals surface area contributed by atoms with E-state index in [1.165, 1.54) is 31.4 Å². The number of hydrogen-bond donors (Lipinski definition) is 1. The number of benzene rings is 1. The molecule has 6 heteroatoms. The fourth-order valence-electron chi connectivity index (χ4n) is 3.28. The molecule has 134 valence electrons. The molecule has 0 spiro atoms. The molecular weight excluding hydrogens is 345 g/mol. The first kappa shape index (κ1) is 19.4. The smallest absolute Gasteiger partial charge is 0.241 e. The van der Waals surface area contributed by atoms with Crippen LogP contribution in [0.15, 0.2) is 24.3 Å². The van der Waals surface area contributed by atoms with Gasteiger partial charge in [-0.25, -0.2) is 0 Å². The van der Waals surface area contributed by atoms with Gasteiger partial charge in [-0.3, -0.25) is 4.79 Å². The molecule has 1 aliphatic heterocycles. The number of carbonyl (C=O) groups is 1. The highest BCUT2D eigenvalue weighted by Gasteiger charge is 2.30. The zero-order valence-electron chi connectivity index (χ0n) is 13.9. The van der Waals surface area contributed by atoms with Crippen LogP contribution < -0.4 is 15.1 Å². The normalized spacial score (nSPS) is 19.2. The van der Waals surface area contributed by atoms with Gasteiger partial charge >= 0.3 is 0 Å². The van der Waals surface area contributed by atoms with E-state index in [9.17, 15) is 4.79 Å². The third-order valence-corrected chi connectivity index (χ3v) is 4.99. The molecular formula is C18H27Cl2N3O. The zero-order chi connectivity index (χ0) is 14.9. The van der Waals surface area contributed by atoms with Crippen LogP contribution >= 0.6 is 24.8 Å². The van der Waals surface area contributed by atoms with E-state index in [1.54, 1.807) is 0 Å². The monoisotopic (exact) mass is 371 g/mol. The first-order valence-electron chi connectivity index (χ1n) is 8.66. The first-order chi connectivity index (χ1) is 10.8. The van der Waals surface area contributed by atoms with E-state index in [0.717, 1.165) is 43.7 Å². The summed E-state index contributed by atoms with van der Waals surface area (Å²) < 4.78 is 0. The van der Waals surface area contributed by atoms with E-state index in [0.29, 0.717) is 6.54 Å². The van der Waals surface area contributed by atoms with Crippen LogP contribution in [0.1, 0.15) is 25.7 Å². The van der Waals surface area contributed by atoms with Crippen LogP contribution in [0.25, 0.3) is 0 Å². The van der Waals surface area contributed by atoms with Gasteiger partial charge in [0.05, 0.1) is 17.9 Å². The lowest BCUT2D eigenvalue weighted by molar-refractivity contribution is -0.117. The van der Waals surface area contributed by atoms with Crippen molar-refractivity contribution in [2.75, 3.05) is 42.5 Å². The molecule has 0 radical (unpaired) electrons. The van der Waals surface area contributed by atoms with Crippen LogP contribution in [0, 0.1) is 11.8 Å². The largest absolute Gasteiger partial charge is 0.368 e. The van der Waals surface area contributed by atoms with Crippen molar-refractivity contribution in [3.63, 3.8) is 0 Å². The van der Waals surface area contributed by atoms with E-state index in [2.05, 4.69) is 28.4 Å². The summed E-state index contributed by atoms with van der Waals surface area (Å²) in [6.45, 7) is 4.39. The average molecular weight is 372 g/mol. The molecule has 24 heavy (non-hydrogen) atoms. The Balaban J connectivity index is 0.00000104. The number of nitrogens with one attached hydrogen (secondary N) is 1. The SMILES string of the molecule is Cl.Cl.O=C(CNCC1CC1)N1CCN(CC2CC2)c2ccccc21. The number of anilines is 2. The van der Waals surface area contributed by atoms with Crippen LogP contribution in [-0.4, -0.2) is 38.6 Å². The predicted octanol–water partition coefficient (Wildman–Crippen LogP) is 3.09. The molecule has 2 saturated carbocycles. The van der Waals surface area contributed by atoms with Gasteiger partial charge in [-0.1, -0.05) is 12.1 Å². The predicted molar refractivity (Wildman–Crippen MR) is 104 cm³/mol. The van der Waals surface area contributed by atoms with Crippen molar-refractivity contribution >= 4 is 42.1 Å². The highest BCUT2D eigenvalue weighted by Crippen LogP contribution is 2.37. The van der Waals surface area contributed by atoms with Crippen molar-refractivity contribution in [1.29, 1.82) is 0 Å². The summed E-state index contributed by atoms with van der Waals surface area (Å²) in [5, 5.41) is 3.32. The van der Waals surface area contributed by atoms with Gasteiger partial charge in [0.15, 0.2) is 0 Å². The standard InChI is InChI=1S/C18H25N3O.2ClH/c22-18(12-19-11-14-5-6-14)21-10-9-20(13-15-7-8-15)16-3-1-2-4-17(16)21;;/h1-4,14-15,19H,5-13H2;2*1H. The van der Waals surface area contributed by atoms with E-state index in [-0.39, 0.29) is 30.7 Å². The number of rotatable bonds is 6. The van der Waals surface area contributed by atoms with E-state index in [1.807, 2.05) is 11.0 Å². The summed E-state index contributed by atoms with van der Waals surface area (Å²) in [4.78, 5) is 17.0. The molecule has 0 unspecified atom stereocenters. The summed E-state index contributed by atoms with van der Waals surface area (Å²) in [6.07, 6.45) is 5.38. The molecule has 1 aromatic rings. The molecule has 3 aliphatic rings. The molecule has 1 amide bonds. The maximum atomic E-state index is 12.5. The number of halogens is 2. The molecule has 1 N–H and O–H groups in total. The third kappa shape index (κ3) is 4.56. The van der Waals surface area contributed by atoms with Crippen molar-refractivity contribution < 1.29 is 4.79 Å². The highest BCUT2D eigenvalue weighted by molar-refractivity contribution is 5.99. The molecule has 0 saturated heterocycles. The summed E-state index contributed by atoms with van der Waals surface area (Å²) in [6, 6.07) is 8.37. The van der Waals surface area contributed by atoms with Crippen molar-refractivity contribution in [3.05, 3.63) is 24.3 Å². The van der Waals surface area contributed by atoms with Crippen LogP contribution in [0.4, 0.5) is 11.4 Å². The van der Waals surface area contributed by atoms with Crippen molar-refractivity contribution in [1.82, 2.24) is 5.32 Å². The van der Waals surface area contributed by atoms with E-state index >= 15 is 0 Å². The molecule has 0 aromatic heterocycles. The number of para-hydroxylation sites is 2. The minimum atomic E-state index is 0. The first-order valence-corrected chi connectivity index (χ1v) is 8.66. The molecule has 1 aromatic carbocycles. The third-order valence-electron chi connectivity index (χ3n) is 4.99. The van der Waals surface area contributed by atoms with Gasteiger partial charge in [0, 0.05) is 19.6 Å². The fourth-order valence-corrected chi connectivity index (χ4v) is 3.28. The molecule has 4 nitrogen and oxygen atoms in total. The van der Waals surface area contributed by atoms with Gasteiger partial charge < -0.3 is 15.1 Å². The van der Waals surface area contributed by atoms with Crippen molar-refractivity contribution in [3.8, 4) is 0 Å². The Kier molecular flexibility index (Phi) is 6.79. The lowest BCUT2D eigenvalue weighted by atomic mass is 10.1. The maximum absolute atomic E-state index is 12.5. The summed E-state index contributed by atoms with van der Waals surface area (Å²) >= 11 is 0. The lowest BCUT2D eigenvalue weighted by Gasteiger charge is -2.38. The number of nitrogens with zero attached hydrogens (tertiary/aromatic N) is 2. The van der Waals surface area contributed by atoms with Gasteiger partial charge in [0.25, 0.3) is 0 Å². The number of amides is 1. The van der Waals surface area contributed by atoms with Gasteiger partial charge in [-0.2, -0.15) is 0 Å². The highest BCUT2D eigenvalue weighted by atomic mass is 35.5. The Bertz CT molecular complexity index is 561. The molecule has 2 aliphatic carbocycles. The number of carbonyl (C=O) groups excluding carboxylic acids is 1. The second-order valence-electron chi connectivity index (χ2n) is 7.00. The Hall–Kier alpha value is -0.970. The average Bonchev–Trinajstić information content (AvgIpc) is 3.43. The van der Waals surface area contributed by atoms with Crippen LogP contribution in [0.3, 0.4) is 0 Å².